The second-order valence-electron chi connectivity index (χ2n) is 4.14. The zero-order chi connectivity index (χ0) is 13.9. The smallest absolute Gasteiger partial charge is 0.254 e. The van der Waals surface area contributed by atoms with E-state index < -0.39 is 0 Å². The van der Waals surface area contributed by atoms with Crippen molar-refractivity contribution in [3.8, 4) is 0 Å². The molecule has 0 saturated heterocycles. The van der Waals surface area contributed by atoms with E-state index in [0.29, 0.717) is 24.3 Å². The van der Waals surface area contributed by atoms with Crippen LogP contribution in [0.1, 0.15) is 24.2 Å². The Hall–Kier alpha value is -1.19. The predicted molar refractivity (Wildman–Crippen MR) is 77.3 cm³/mol. The first-order chi connectivity index (χ1) is 8.36. The lowest BCUT2D eigenvalue weighted by atomic mass is 10.1. The van der Waals surface area contributed by atoms with Crippen molar-refractivity contribution < 1.29 is 4.79 Å². The number of likely N-dealkylation sites (N-methyl/N-ethyl adjacent to an activating group) is 1. The summed E-state index contributed by atoms with van der Waals surface area (Å²) in [5.74, 6) is -0.134. The number of anilines is 1. The van der Waals surface area contributed by atoms with E-state index >= 15 is 0 Å². The van der Waals surface area contributed by atoms with Crippen molar-refractivity contribution in [2.45, 2.75) is 13.8 Å². The number of rotatable bonds is 4. The number of hydrogen-bond acceptors (Lipinski definition) is 2. The summed E-state index contributed by atoms with van der Waals surface area (Å²) in [5.41, 5.74) is 7.35. The van der Waals surface area contributed by atoms with Crippen molar-refractivity contribution in [2.75, 3.05) is 18.8 Å². The molecule has 5 heteroatoms. The lowest BCUT2D eigenvalue weighted by molar-refractivity contribution is 0.0778. The summed E-state index contributed by atoms with van der Waals surface area (Å²) in [6.07, 6.45) is 0. The average molecular weight is 287 g/mol. The van der Waals surface area contributed by atoms with E-state index in [9.17, 15) is 4.79 Å². The Morgan fingerprint density at radius 2 is 2.06 bits per heavy atom. The number of carbonyl (C=O) groups is 1. The molecule has 0 saturated carbocycles. The van der Waals surface area contributed by atoms with Gasteiger partial charge in [-0.2, -0.15) is 0 Å². The highest BCUT2D eigenvalue weighted by Crippen LogP contribution is 2.29. The zero-order valence-corrected chi connectivity index (χ0v) is 12.0. The van der Waals surface area contributed by atoms with E-state index in [2.05, 4.69) is 6.58 Å². The third-order valence-corrected chi connectivity index (χ3v) is 3.25. The van der Waals surface area contributed by atoms with Gasteiger partial charge in [-0.15, -0.1) is 0 Å². The maximum absolute atomic E-state index is 12.3. The summed E-state index contributed by atoms with van der Waals surface area (Å²) in [4.78, 5) is 13.9. The van der Waals surface area contributed by atoms with Gasteiger partial charge in [-0.25, -0.2) is 0 Å². The first-order valence-corrected chi connectivity index (χ1v) is 6.30. The fraction of sp³-hybridized carbons (Fsp3) is 0.308. The van der Waals surface area contributed by atoms with Crippen molar-refractivity contribution in [3.63, 3.8) is 0 Å². The molecule has 0 fully saturated rings. The van der Waals surface area contributed by atoms with Gasteiger partial charge in [0.2, 0.25) is 0 Å². The highest BCUT2D eigenvalue weighted by molar-refractivity contribution is 6.43. The van der Waals surface area contributed by atoms with E-state index in [0.717, 1.165) is 5.57 Å². The summed E-state index contributed by atoms with van der Waals surface area (Å²) >= 11 is 11.8. The molecule has 0 unspecified atom stereocenters. The Kier molecular flexibility index (Phi) is 5.05. The van der Waals surface area contributed by atoms with Crippen LogP contribution in [0.25, 0.3) is 0 Å². The Morgan fingerprint density at radius 3 is 2.50 bits per heavy atom. The highest BCUT2D eigenvalue weighted by atomic mass is 35.5. The second kappa shape index (κ2) is 6.12. The molecule has 0 radical (unpaired) electrons. The SMILES string of the molecule is C=C(C)CN(CC)C(=O)c1cc(N)c(Cl)c(Cl)c1. The Labute approximate surface area is 117 Å². The molecule has 0 aliphatic heterocycles. The predicted octanol–water partition coefficient (Wildman–Crippen LogP) is 3.61. The third kappa shape index (κ3) is 3.40. The lowest BCUT2D eigenvalue weighted by Gasteiger charge is -2.21. The normalized spacial score (nSPS) is 10.2. The molecule has 0 bridgehead atoms. The van der Waals surface area contributed by atoms with Gasteiger partial charge in [-0.3, -0.25) is 4.79 Å². The summed E-state index contributed by atoms with van der Waals surface area (Å²) in [5, 5.41) is 0.558. The molecule has 1 amide bonds. The number of amides is 1. The Morgan fingerprint density at radius 1 is 1.44 bits per heavy atom. The van der Waals surface area contributed by atoms with Crippen molar-refractivity contribution in [2.24, 2.45) is 0 Å². The van der Waals surface area contributed by atoms with Crippen molar-refractivity contribution >= 4 is 34.8 Å². The number of nitrogen functional groups attached to an aromatic ring is 1. The van der Waals surface area contributed by atoms with Crippen LogP contribution in [0, 0.1) is 0 Å². The second-order valence-corrected chi connectivity index (χ2v) is 4.92. The van der Waals surface area contributed by atoms with Gasteiger partial charge in [-0.05, 0) is 26.0 Å². The minimum atomic E-state index is -0.134. The molecule has 3 nitrogen and oxygen atoms in total. The molecular weight excluding hydrogens is 271 g/mol. The molecule has 0 heterocycles. The Bertz CT molecular complexity index is 463. The fourth-order valence-electron chi connectivity index (χ4n) is 1.57. The minimum Gasteiger partial charge on any atom is -0.397 e. The molecule has 0 atom stereocenters. The van der Waals surface area contributed by atoms with Crippen LogP contribution in [0.5, 0.6) is 0 Å². The first-order valence-electron chi connectivity index (χ1n) is 5.55. The van der Waals surface area contributed by atoms with E-state index in [1.165, 1.54) is 12.1 Å². The number of hydrogen-bond donors (Lipinski definition) is 1. The van der Waals surface area contributed by atoms with Crippen LogP contribution >= 0.6 is 23.2 Å². The minimum absolute atomic E-state index is 0.134. The molecule has 98 valence electrons. The number of nitrogens with two attached hydrogens (primary N) is 1. The lowest BCUT2D eigenvalue weighted by Crippen LogP contribution is -2.32. The number of nitrogens with zero attached hydrogens (tertiary/aromatic N) is 1. The molecule has 18 heavy (non-hydrogen) atoms. The average Bonchev–Trinajstić information content (AvgIpc) is 2.31. The van der Waals surface area contributed by atoms with Gasteiger partial charge < -0.3 is 10.6 Å². The molecule has 0 aliphatic carbocycles. The van der Waals surface area contributed by atoms with Gasteiger partial charge in [-0.1, -0.05) is 35.4 Å². The maximum atomic E-state index is 12.3. The van der Waals surface area contributed by atoms with Gasteiger partial charge in [0.15, 0.2) is 0 Å². The molecule has 0 aromatic heterocycles. The summed E-state index contributed by atoms with van der Waals surface area (Å²) in [6.45, 7) is 8.68. The third-order valence-electron chi connectivity index (χ3n) is 2.43. The van der Waals surface area contributed by atoms with Crippen LogP contribution < -0.4 is 5.73 Å². The fourth-order valence-corrected chi connectivity index (χ4v) is 1.91. The molecular formula is C13H16Cl2N2O. The van der Waals surface area contributed by atoms with E-state index in [4.69, 9.17) is 28.9 Å². The van der Waals surface area contributed by atoms with Gasteiger partial charge in [0.1, 0.15) is 0 Å². The summed E-state index contributed by atoms with van der Waals surface area (Å²) < 4.78 is 0. The number of benzene rings is 1. The van der Waals surface area contributed by atoms with Gasteiger partial charge in [0, 0.05) is 18.7 Å². The van der Waals surface area contributed by atoms with E-state index in [-0.39, 0.29) is 16.0 Å². The van der Waals surface area contributed by atoms with Crippen LogP contribution in [-0.2, 0) is 0 Å². The van der Waals surface area contributed by atoms with Crippen molar-refractivity contribution in [1.82, 2.24) is 4.90 Å². The molecule has 1 aromatic rings. The molecule has 0 aliphatic rings. The zero-order valence-electron chi connectivity index (χ0n) is 10.5. The van der Waals surface area contributed by atoms with Crippen LogP contribution in [-0.4, -0.2) is 23.9 Å². The van der Waals surface area contributed by atoms with Crippen LogP contribution in [0.15, 0.2) is 24.3 Å². The molecule has 1 aromatic carbocycles. The van der Waals surface area contributed by atoms with Crippen LogP contribution in [0.4, 0.5) is 5.69 Å². The van der Waals surface area contributed by atoms with Crippen molar-refractivity contribution in [3.05, 3.63) is 39.9 Å². The van der Waals surface area contributed by atoms with Crippen LogP contribution in [0.2, 0.25) is 10.0 Å². The van der Waals surface area contributed by atoms with Crippen LogP contribution in [0.3, 0.4) is 0 Å². The number of halogens is 2. The van der Waals surface area contributed by atoms with Gasteiger partial charge in [0.05, 0.1) is 15.7 Å². The van der Waals surface area contributed by atoms with Gasteiger partial charge >= 0.3 is 0 Å². The van der Waals surface area contributed by atoms with Crippen molar-refractivity contribution in [1.29, 1.82) is 0 Å². The first kappa shape index (κ1) is 14.9. The summed E-state index contributed by atoms with van der Waals surface area (Å²) in [7, 11) is 0. The topological polar surface area (TPSA) is 46.3 Å². The van der Waals surface area contributed by atoms with E-state index in [1.54, 1.807) is 4.90 Å². The summed E-state index contributed by atoms with van der Waals surface area (Å²) in [6, 6.07) is 3.07. The Balaban J connectivity index is 3.06. The standard InChI is InChI=1S/C13H16Cl2N2O/c1-4-17(7-8(2)3)13(18)9-5-10(14)12(15)11(16)6-9/h5-6H,2,4,7,16H2,1,3H3. The van der Waals surface area contributed by atoms with Gasteiger partial charge in [0.25, 0.3) is 5.91 Å². The monoisotopic (exact) mass is 286 g/mol. The highest BCUT2D eigenvalue weighted by Gasteiger charge is 2.16. The quantitative estimate of drug-likeness (QED) is 0.679. The maximum Gasteiger partial charge on any atom is 0.254 e. The number of carbonyl (C=O) groups excluding carboxylic acids is 1. The molecule has 2 N–H and O–H groups in total. The molecule has 0 spiro atoms. The van der Waals surface area contributed by atoms with E-state index in [1.807, 2.05) is 13.8 Å². The largest absolute Gasteiger partial charge is 0.397 e. The molecule has 1 rings (SSSR count).